The van der Waals surface area contributed by atoms with Gasteiger partial charge in [0.15, 0.2) is 0 Å². The van der Waals surface area contributed by atoms with Crippen LogP contribution in [0, 0.1) is 26.7 Å². The normalized spacial score (nSPS) is 13.2. The van der Waals surface area contributed by atoms with E-state index in [0.717, 1.165) is 22.3 Å². The zero-order valence-electron chi connectivity index (χ0n) is 24.2. The summed E-state index contributed by atoms with van der Waals surface area (Å²) in [5.74, 6) is -1.02. The first kappa shape index (κ1) is 31.2. The fourth-order valence-corrected chi connectivity index (χ4v) is 4.69. The van der Waals surface area contributed by atoms with Gasteiger partial charge in [0.2, 0.25) is 5.91 Å². The summed E-state index contributed by atoms with van der Waals surface area (Å²) in [6.45, 7) is 18.4. The average Bonchev–Trinajstić information content (AvgIpc) is 2.77. The molecule has 2 N–H and O–H groups in total. The van der Waals surface area contributed by atoms with Gasteiger partial charge in [0, 0.05) is 6.04 Å². The van der Waals surface area contributed by atoms with Crippen LogP contribution < -0.4 is 10.6 Å². The van der Waals surface area contributed by atoms with E-state index in [1.54, 1.807) is 31.7 Å². The Bertz CT molecular complexity index is 1130. The number of aryl methyl sites for hydroxylation is 3. The Labute approximate surface area is 232 Å². The van der Waals surface area contributed by atoms with E-state index in [0.29, 0.717) is 10.7 Å². The van der Waals surface area contributed by atoms with Crippen molar-refractivity contribution in [2.24, 2.45) is 5.92 Å². The van der Waals surface area contributed by atoms with Crippen LogP contribution >= 0.6 is 11.6 Å². The first-order valence-corrected chi connectivity index (χ1v) is 13.4. The first-order valence-electron chi connectivity index (χ1n) is 13.0. The lowest BCUT2D eigenvalue weighted by Crippen LogP contribution is -2.56. The molecule has 0 bridgehead atoms. The third kappa shape index (κ3) is 7.73. The van der Waals surface area contributed by atoms with Crippen LogP contribution in [0.5, 0.6) is 0 Å². The molecule has 0 aliphatic heterocycles. The number of nitrogens with zero attached hydrogens (tertiary/aromatic N) is 1. The van der Waals surface area contributed by atoms with Gasteiger partial charge in [0.1, 0.15) is 17.7 Å². The zero-order valence-corrected chi connectivity index (χ0v) is 25.0. The van der Waals surface area contributed by atoms with Gasteiger partial charge in [-0.3, -0.25) is 9.59 Å². The molecule has 0 saturated carbocycles. The zero-order chi connectivity index (χ0) is 28.9. The van der Waals surface area contributed by atoms with Crippen LogP contribution in [0.25, 0.3) is 0 Å². The predicted molar refractivity (Wildman–Crippen MR) is 153 cm³/mol. The van der Waals surface area contributed by atoms with Crippen molar-refractivity contribution in [1.29, 1.82) is 0 Å². The number of ether oxygens (including phenoxy) is 1. The summed E-state index contributed by atoms with van der Waals surface area (Å²) in [6.07, 6.45) is -0.687. The molecule has 0 aliphatic rings. The predicted octanol–water partition coefficient (Wildman–Crippen LogP) is 6.73. The van der Waals surface area contributed by atoms with Gasteiger partial charge < -0.3 is 20.3 Å². The number of hydrogen-bond donors (Lipinski definition) is 2. The van der Waals surface area contributed by atoms with Crippen LogP contribution in [0.3, 0.4) is 0 Å². The van der Waals surface area contributed by atoms with Crippen LogP contribution in [0.4, 0.5) is 10.5 Å². The second-order valence-electron chi connectivity index (χ2n) is 11.3. The summed E-state index contributed by atoms with van der Waals surface area (Å²) in [5, 5.41) is 6.14. The molecule has 2 aromatic carbocycles. The lowest BCUT2D eigenvalue weighted by Gasteiger charge is -2.39. The van der Waals surface area contributed by atoms with E-state index in [2.05, 4.69) is 10.6 Å². The highest BCUT2D eigenvalue weighted by Crippen LogP contribution is 2.33. The maximum atomic E-state index is 14.2. The molecular weight excluding hydrogens is 502 g/mol. The molecule has 0 heterocycles. The van der Waals surface area contributed by atoms with Gasteiger partial charge in [-0.05, 0) is 89.6 Å². The summed E-state index contributed by atoms with van der Waals surface area (Å²) < 4.78 is 5.43. The Balaban J connectivity index is 2.63. The van der Waals surface area contributed by atoms with Gasteiger partial charge in [0.25, 0.3) is 5.91 Å². The summed E-state index contributed by atoms with van der Waals surface area (Å²) in [7, 11) is 0. The van der Waals surface area contributed by atoms with Crippen molar-refractivity contribution in [2.75, 3.05) is 5.32 Å². The molecule has 208 valence electrons. The Hall–Kier alpha value is -3.06. The number of anilines is 1. The molecule has 2 atom stereocenters. The van der Waals surface area contributed by atoms with Gasteiger partial charge in [-0.1, -0.05) is 55.8 Å². The molecule has 0 radical (unpaired) electrons. The molecule has 2 rings (SSSR count). The summed E-state index contributed by atoms with van der Waals surface area (Å²) in [6, 6.07) is 8.90. The smallest absolute Gasteiger partial charge is 0.408 e. The molecule has 38 heavy (non-hydrogen) atoms. The fourth-order valence-electron chi connectivity index (χ4n) is 4.43. The number of carbonyl (C=O) groups is 3. The number of halogens is 1. The molecule has 2 unspecified atom stereocenters. The maximum absolute atomic E-state index is 14.2. The molecule has 3 amide bonds. The molecule has 0 aliphatic carbocycles. The van der Waals surface area contributed by atoms with Crippen LogP contribution in [-0.2, 0) is 14.3 Å². The molecule has 7 nitrogen and oxygen atoms in total. The van der Waals surface area contributed by atoms with Crippen molar-refractivity contribution >= 4 is 35.2 Å². The highest BCUT2D eigenvalue weighted by atomic mass is 35.5. The monoisotopic (exact) mass is 543 g/mol. The minimum atomic E-state index is -0.971. The maximum Gasteiger partial charge on any atom is 0.408 e. The standard InChI is InChI=1S/C30H42ClN3O4/c1-17(2)24(33-29(37)38-30(8,9)10)28(36)34(18(3)4)26(23-19(5)13-11-14-20(23)6)27(35)32-25-21(7)15-12-16-22(25)31/h11-18,24,26H,1-10H3,(H,32,35)(H,33,37). The van der Waals surface area contributed by atoms with Crippen molar-refractivity contribution < 1.29 is 19.1 Å². The molecule has 0 spiro atoms. The van der Waals surface area contributed by atoms with Gasteiger partial charge in [-0.2, -0.15) is 0 Å². The Morgan fingerprint density at radius 1 is 0.895 bits per heavy atom. The first-order chi connectivity index (χ1) is 17.5. The highest BCUT2D eigenvalue weighted by Gasteiger charge is 2.40. The van der Waals surface area contributed by atoms with E-state index in [9.17, 15) is 14.4 Å². The topological polar surface area (TPSA) is 87.7 Å². The van der Waals surface area contributed by atoms with E-state index >= 15 is 0 Å². The highest BCUT2D eigenvalue weighted by molar-refractivity contribution is 6.34. The second-order valence-corrected chi connectivity index (χ2v) is 11.7. The van der Waals surface area contributed by atoms with Crippen molar-refractivity contribution in [3.05, 3.63) is 63.7 Å². The quantitative estimate of drug-likeness (QED) is 0.386. The van der Waals surface area contributed by atoms with Gasteiger partial charge >= 0.3 is 6.09 Å². The third-order valence-corrected chi connectivity index (χ3v) is 6.54. The van der Waals surface area contributed by atoms with Crippen molar-refractivity contribution in [1.82, 2.24) is 10.2 Å². The SMILES string of the molecule is Cc1cccc(Cl)c1NC(=O)C(c1c(C)cccc1C)N(C(=O)C(NC(=O)OC(C)(C)C)C(C)C)C(C)C. The third-order valence-electron chi connectivity index (χ3n) is 6.23. The van der Waals surface area contributed by atoms with Crippen molar-refractivity contribution in [3.63, 3.8) is 0 Å². The van der Waals surface area contributed by atoms with Crippen molar-refractivity contribution in [2.45, 2.75) is 93.0 Å². The number of rotatable bonds is 8. The molecule has 8 heteroatoms. The number of benzene rings is 2. The summed E-state index contributed by atoms with van der Waals surface area (Å²) in [5.41, 5.74) is 3.07. The molecule has 0 fully saturated rings. The van der Waals surface area contributed by atoms with Crippen molar-refractivity contribution in [3.8, 4) is 0 Å². The second kappa shape index (κ2) is 12.7. The van der Waals surface area contributed by atoms with Gasteiger partial charge in [0.05, 0.1) is 10.7 Å². The van der Waals surface area contributed by atoms with Crippen LogP contribution in [0.15, 0.2) is 36.4 Å². The van der Waals surface area contributed by atoms with E-state index in [-0.39, 0.29) is 23.8 Å². The van der Waals surface area contributed by atoms with E-state index < -0.39 is 23.8 Å². The minimum Gasteiger partial charge on any atom is -0.444 e. The van der Waals surface area contributed by atoms with Crippen LogP contribution in [0.2, 0.25) is 5.02 Å². The number of alkyl carbamates (subject to hydrolysis) is 1. The van der Waals surface area contributed by atoms with Crippen LogP contribution in [0.1, 0.15) is 76.8 Å². The van der Waals surface area contributed by atoms with E-state index in [4.69, 9.17) is 16.3 Å². The number of amides is 3. The number of nitrogens with one attached hydrogen (secondary N) is 2. The molecule has 0 aromatic heterocycles. The fraction of sp³-hybridized carbons (Fsp3) is 0.500. The van der Waals surface area contributed by atoms with Gasteiger partial charge in [-0.15, -0.1) is 0 Å². The summed E-state index contributed by atoms with van der Waals surface area (Å²) >= 11 is 6.44. The van der Waals surface area contributed by atoms with E-state index in [1.165, 1.54) is 0 Å². The number of hydrogen-bond acceptors (Lipinski definition) is 4. The molecule has 2 aromatic rings. The minimum absolute atomic E-state index is 0.260. The lowest BCUT2D eigenvalue weighted by molar-refractivity contribution is -0.143. The Morgan fingerprint density at radius 3 is 1.89 bits per heavy atom. The summed E-state index contributed by atoms with van der Waals surface area (Å²) in [4.78, 5) is 42.5. The van der Waals surface area contributed by atoms with E-state index in [1.807, 2.05) is 78.8 Å². The Morgan fingerprint density at radius 2 is 1.42 bits per heavy atom. The number of para-hydroxylation sites is 1. The largest absolute Gasteiger partial charge is 0.444 e. The van der Waals surface area contributed by atoms with Crippen LogP contribution in [-0.4, -0.2) is 40.5 Å². The molecule has 0 saturated heterocycles. The van der Waals surface area contributed by atoms with Gasteiger partial charge in [-0.25, -0.2) is 4.79 Å². The molecular formula is C30H42ClN3O4. The number of carbonyl (C=O) groups excluding carboxylic acids is 3. The average molecular weight is 544 g/mol. The lowest BCUT2D eigenvalue weighted by atomic mass is 9.91. The Kier molecular flexibility index (Phi) is 10.4.